The molecule has 594 valence electrons. The number of rotatable bonds is 81. The Morgan fingerprint density at radius 2 is 0.460 bits per heavy atom. The van der Waals surface area contributed by atoms with E-state index in [0.29, 0.717) is 25.7 Å². The zero-order valence-electron chi connectivity index (χ0n) is 65.3. The van der Waals surface area contributed by atoms with Crippen LogP contribution >= 0.6 is 15.6 Å². The molecule has 5 atom stereocenters. The van der Waals surface area contributed by atoms with Crippen molar-refractivity contribution in [2.45, 2.75) is 451 Å². The predicted octanol–water partition coefficient (Wildman–Crippen LogP) is 24.4. The summed E-state index contributed by atoms with van der Waals surface area (Å²) in [6.07, 6.45) is 65.7. The van der Waals surface area contributed by atoms with Gasteiger partial charge in [-0.25, -0.2) is 9.13 Å². The van der Waals surface area contributed by atoms with Crippen LogP contribution in [0.3, 0.4) is 0 Å². The van der Waals surface area contributed by atoms with E-state index in [4.69, 9.17) is 37.0 Å². The van der Waals surface area contributed by atoms with Gasteiger partial charge in [0.1, 0.15) is 19.3 Å². The van der Waals surface area contributed by atoms with Gasteiger partial charge in [-0.15, -0.1) is 0 Å². The van der Waals surface area contributed by atoms with Crippen molar-refractivity contribution >= 4 is 39.5 Å². The monoisotopic (exact) mass is 1470 g/mol. The standard InChI is InChI=1S/C81H158O17P2/c1-6-9-12-15-18-20-22-24-26-28-30-31-32-34-36-38-40-42-46-51-56-61-66-80(85)98-77(71-92-79(84)65-60-55-50-45-41-39-37-35-33-29-27-25-23-21-19-16-13-10-7-2)73-96-100(89,90)94-69-75(82)68-93-99(87,88)95-72-76(70-91-78(83)64-59-54-48-17-14-11-8-3)97-81(86)67-62-57-52-47-43-44-49-53-58-63-74(4)5/h74-77,82H,6-73H2,1-5H3,(H,87,88)(H,89,90)/t75-,76+,77+/m0/s1. The average molecular weight is 1470 g/mol. The molecule has 0 fully saturated rings. The molecule has 0 spiro atoms. The highest BCUT2D eigenvalue weighted by atomic mass is 31.2. The highest BCUT2D eigenvalue weighted by molar-refractivity contribution is 7.47. The minimum atomic E-state index is -4.96. The largest absolute Gasteiger partial charge is 0.472 e. The molecule has 0 aliphatic heterocycles. The van der Waals surface area contributed by atoms with Crippen molar-refractivity contribution in [2.75, 3.05) is 39.6 Å². The second kappa shape index (κ2) is 73.9. The van der Waals surface area contributed by atoms with E-state index < -0.39 is 97.5 Å². The van der Waals surface area contributed by atoms with Gasteiger partial charge >= 0.3 is 39.5 Å². The fourth-order valence-electron chi connectivity index (χ4n) is 12.6. The molecule has 19 heteroatoms. The number of hydrogen-bond donors (Lipinski definition) is 3. The van der Waals surface area contributed by atoms with Crippen molar-refractivity contribution in [3.8, 4) is 0 Å². The quantitative estimate of drug-likeness (QED) is 0.0222. The van der Waals surface area contributed by atoms with Gasteiger partial charge in [0.2, 0.25) is 0 Å². The molecule has 0 aliphatic carbocycles. The number of unbranched alkanes of at least 4 members (excludes halogenated alkanes) is 53. The third-order valence-electron chi connectivity index (χ3n) is 19.0. The first kappa shape index (κ1) is 98.1. The summed E-state index contributed by atoms with van der Waals surface area (Å²) in [5, 5.41) is 10.6. The summed E-state index contributed by atoms with van der Waals surface area (Å²) < 4.78 is 68.6. The summed E-state index contributed by atoms with van der Waals surface area (Å²) in [6, 6.07) is 0. The van der Waals surface area contributed by atoms with E-state index >= 15 is 0 Å². The Morgan fingerprint density at radius 1 is 0.270 bits per heavy atom. The molecule has 0 aromatic rings. The van der Waals surface area contributed by atoms with Crippen LogP contribution in [-0.4, -0.2) is 96.7 Å². The Balaban J connectivity index is 5.15. The van der Waals surface area contributed by atoms with E-state index in [1.54, 1.807) is 0 Å². The van der Waals surface area contributed by atoms with Crippen molar-refractivity contribution in [1.82, 2.24) is 0 Å². The minimum Gasteiger partial charge on any atom is -0.462 e. The van der Waals surface area contributed by atoms with Crippen LogP contribution in [0.25, 0.3) is 0 Å². The fraction of sp³-hybridized carbons (Fsp3) is 0.951. The van der Waals surface area contributed by atoms with E-state index in [1.165, 1.54) is 244 Å². The second-order valence-corrected chi connectivity index (χ2v) is 32.5. The number of carbonyl (C=O) groups excluding carboxylic acids is 4. The third kappa shape index (κ3) is 74.3. The van der Waals surface area contributed by atoms with Gasteiger partial charge in [-0.2, -0.15) is 0 Å². The Labute approximate surface area is 613 Å². The van der Waals surface area contributed by atoms with E-state index in [2.05, 4.69) is 34.6 Å². The molecule has 2 unspecified atom stereocenters. The number of carbonyl (C=O) groups is 4. The number of hydrogen-bond acceptors (Lipinski definition) is 15. The highest BCUT2D eigenvalue weighted by Crippen LogP contribution is 2.45. The van der Waals surface area contributed by atoms with Crippen LogP contribution in [0.4, 0.5) is 0 Å². The molecule has 0 radical (unpaired) electrons. The molecule has 0 saturated heterocycles. The Hall–Kier alpha value is -1.94. The lowest BCUT2D eigenvalue weighted by Gasteiger charge is -2.21. The van der Waals surface area contributed by atoms with Gasteiger partial charge in [0.05, 0.1) is 26.4 Å². The van der Waals surface area contributed by atoms with E-state index in [1.807, 2.05) is 0 Å². The maximum atomic E-state index is 13.1. The average Bonchev–Trinajstić information content (AvgIpc) is 0.919. The van der Waals surface area contributed by atoms with Gasteiger partial charge in [-0.05, 0) is 31.6 Å². The Bertz CT molecular complexity index is 1910. The van der Waals surface area contributed by atoms with Gasteiger partial charge in [0.15, 0.2) is 12.2 Å². The lowest BCUT2D eigenvalue weighted by Crippen LogP contribution is -2.30. The number of ether oxygens (including phenoxy) is 4. The SMILES string of the molecule is CCCCCCCCCCCCCCCCCCCCCCCCC(=O)O[C@H](COC(=O)CCCCCCCCCCCCCCCCCCCCC)COP(=O)(O)OC[C@@H](O)COP(=O)(O)OC[C@@H](COC(=O)CCCCCCCCC)OC(=O)CCCCCCCCCCCC(C)C. The lowest BCUT2D eigenvalue weighted by atomic mass is 10.0. The summed E-state index contributed by atoms with van der Waals surface area (Å²) in [5.74, 6) is -1.38. The topological polar surface area (TPSA) is 237 Å². The zero-order valence-corrected chi connectivity index (χ0v) is 67.1. The lowest BCUT2D eigenvalue weighted by molar-refractivity contribution is -0.161. The van der Waals surface area contributed by atoms with Gasteiger partial charge in [-0.3, -0.25) is 37.3 Å². The highest BCUT2D eigenvalue weighted by Gasteiger charge is 2.30. The second-order valence-electron chi connectivity index (χ2n) is 29.6. The molecule has 0 aliphatic rings. The Kier molecular flexibility index (Phi) is 72.5. The van der Waals surface area contributed by atoms with Gasteiger partial charge in [-0.1, -0.05) is 381 Å². The van der Waals surface area contributed by atoms with Crippen molar-refractivity contribution in [3.63, 3.8) is 0 Å². The molecule has 0 aromatic heterocycles. The summed E-state index contributed by atoms with van der Waals surface area (Å²) in [4.78, 5) is 72.8. The smallest absolute Gasteiger partial charge is 0.462 e. The molecule has 0 saturated carbocycles. The summed E-state index contributed by atoms with van der Waals surface area (Å²) in [6.45, 7) is 7.25. The van der Waals surface area contributed by atoms with Crippen LogP contribution in [0.1, 0.15) is 433 Å². The molecule has 0 heterocycles. The fourth-order valence-corrected chi connectivity index (χ4v) is 14.2. The van der Waals surface area contributed by atoms with Crippen LogP contribution in [0.5, 0.6) is 0 Å². The molecule has 100 heavy (non-hydrogen) atoms. The van der Waals surface area contributed by atoms with E-state index in [0.717, 1.165) is 109 Å². The molecule has 0 aromatic carbocycles. The van der Waals surface area contributed by atoms with Gasteiger partial charge in [0, 0.05) is 25.7 Å². The number of aliphatic hydroxyl groups excluding tert-OH is 1. The number of aliphatic hydroxyl groups is 1. The maximum Gasteiger partial charge on any atom is 0.472 e. The van der Waals surface area contributed by atoms with Crippen molar-refractivity contribution in [1.29, 1.82) is 0 Å². The summed E-state index contributed by atoms with van der Waals surface area (Å²) in [7, 11) is -9.91. The molecule has 0 amide bonds. The number of phosphoric acid groups is 2. The van der Waals surface area contributed by atoms with Gasteiger partial charge in [0.25, 0.3) is 0 Å². The van der Waals surface area contributed by atoms with Gasteiger partial charge < -0.3 is 33.8 Å². The predicted molar refractivity (Wildman–Crippen MR) is 409 cm³/mol. The van der Waals surface area contributed by atoms with Crippen LogP contribution < -0.4 is 0 Å². The molecule has 17 nitrogen and oxygen atoms in total. The van der Waals surface area contributed by atoms with Crippen molar-refractivity contribution in [2.24, 2.45) is 5.92 Å². The normalized spacial score (nSPS) is 13.8. The van der Waals surface area contributed by atoms with Crippen molar-refractivity contribution in [3.05, 3.63) is 0 Å². The molecular weight excluding hydrogens is 1310 g/mol. The van der Waals surface area contributed by atoms with Crippen LogP contribution in [-0.2, 0) is 65.4 Å². The molecular formula is C81H158O17P2. The molecule has 0 rings (SSSR count). The van der Waals surface area contributed by atoms with Crippen LogP contribution in [0.15, 0.2) is 0 Å². The van der Waals surface area contributed by atoms with E-state index in [9.17, 15) is 43.2 Å². The first-order valence-electron chi connectivity index (χ1n) is 42.1. The third-order valence-corrected chi connectivity index (χ3v) is 20.9. The van der Waals surface area contributed by atoms with E-state index in [-0.39, 0.29) is 25.7 Å². The Morgan fingerprint density at radius 3 is 0.680 bits per heavy atom. The summed E-state index contributed by atoms with van der Waals surface area (Å²) >= 11 is 0. The first-order valence-corrected chi connectivity index (χ1v) is 45.1. The maximum absolute atomic E-state index is 13.1. The molecule has 0 bridgehead atoms. The summed E-state index contributed by atoms with van der Waals surface area (Å²) in [5.41, 5.74) is 0. The number of phosphoric ester groups is 2. The number of esters is 4. The van der Waals surface area contributed by atoms with Crippen molar-refractivity contribution < 1.29 is 80.2 Å². The molecule has 3 N–H and O–H groups in total. The first-order chi connectivity index (χ1) is 48.5. The zero-order chi connectivity index (χ0) is 73.4. The van der Waals surface area contributed by atoms with Crippen LogP contribution in [0, 0.1) is 5.92 Å². The minimum absolute atomic E-state index is 0.105. The van der Waals surface area contributed by atoms with Crippen LogP contribution in [0.2, 0.25) is 0 Å².